The van der Waals surface area contributed by atoms with E-state index in [-0.39, 0.29) is 33.0 Å². The molecule has 34 heavy (non-hydrogen) atoms. The number of benzene rings is 2. The first-order valence-corrected chi connectivity index (χ1v) is 12.3. The molecule has 6 heteroatoms. The maximum Gasteiger partial charge on any atom is 0.336 e. The molecule has 0 saturated heterocycles. The van der Waals surface area contributed by atoms with Crippen LogP contribution in [0.25, 0.3) is 10.8 Å². The topological polar surface area (TPSA) is 109 Å². The Hall–Kier alpha value is -3.02. The number of aldehydes is 2. The Bertz CT molecular complexity index is 916. The van der Waals surface area contributed by atoms with E-state index >= 15 is 0 Å². The summed E-state index contributed by atoms with van der Waals surface area (Å²) < 4.78 is 0. The van der Waals surface area contributed by atoms with Crippen molar-refractivity contribution in [3.63, 3.8) is 0 Å². The molecule has 2 aliphatic rings. The molecule has 0 atom stereocenters. The minimum absolute atomic E-state index is 0.0195. The fraction of sp³-hybridized carbons (Fsp3) is 0.500. The van der Waals surface area contributed by atoms with E-state index in [1.165, 1.54) is 88.5 Å². The molecule has 0 aromatic heterocycles. The fourth-order valence-electron chi connectivity index (χ4n) is 4.71. The van der Waals surface area contributed by atoms with E-state index in [4.69, 9.17) is 10.2 Å². The summed E-state index contributed by atoms with van der Waals surface area (Å²) in [5.41, 5.74) is -0.413. The van der Waals surface area contributed by atoms with Crippen molar-refractivity contribution in [3.8, 4) is 0 Å². The first kappa shape index (κ1) is 27.2. The van der Waals surface area contributed by atoms with Crippen LogP contribution in [0.2, 0.25) is 0 Å². The zero-order valence-electron chi connectivity index (χ0n) is 20.2. The van der Waals surface area contributed by atoms with Crippen LogP contribution < -0.4 is 0 Å². The first-order chi connectivity index (χ1) is 16.3. The Kier molecular flexibility index (Phi) is 10.9. The third kappa shape index (κ3) is 7.51. The highest BCUT2D eigenvalue weighted by atomic mass is 16.4. The van der Waals surface area contributed by atoms with Gasteiger partial charge < -0.3 is 10.2 Å². The average Bonchev–Trinajstić information content (AvgIpc) is 2.84. The molecule has 0 aliphatic heterocycles. The van der Waals surface area contributed by atoms with E-state index in [0.29, 0.717) is 12.6 Å². The lowest BCUT2D eigenvalue weighted by molar-refractivity contribution is 0.0686. The van der Waals surface area contributed by atoms with Crippen LogP contribution in [0, 0.1) is 11.8 Å². The Labute approximate surface area is 201 Å². The lowest BCUT2D eigenvalue weighted by Gasteiger charge is -2.15. The first-order valence-electron chi connectivity index (χ1n) is 12.3. The number of hydrogen-bond donors (Lipinski definition) is 2. The minimum atomic E-state index is -1.31. The molecule has 2 aromatic rings. The Balaban J connectivity index is 0.000000235. The smallest absolute Gasteiger partial charge is 0.336 e. The van der Waals surface area contributed by atoms with Crippen LogP contribution in [0.15, 0.2) is 24.3 Å². The lowest BCUT2D eigenvalue weighted by atomic mass is 9.91. The summed E-state index contributed by atoms with van der Waals surface area (Å²) in [5.74, 6) is -0.543. The van der Waals surface area contributed by atoms with Gasteiger partial charge in [0.25, 0.3) is 0 Å². The van der Waals surface area contributed by atoms with Crippen LogP contribution in [-0.4, -0.2) is 34.7 Å². The van der Waals surface area contributed by atoms with Gasteiger partial charge in [0.2, 0.25) is 0 Å². The largest absolute Gasteiger partial charge is 0.478 e. The quantitative estimate of drug-likeness (QED) is 0.466. The van der Waals surface area contributed by atoms with Crippen molar-refractivity contribution in [2.75, 3.05) is 0 Å². The molecule has 0 spiro atoms. The molecule has 0 heterocycles. The van der Waals surface area contributed by atoms with Gasteiger partial charge in [-0.15, -0.1) is 0 Å². The molecular weight excluding hydrogens is 432 g/mol. The summed E-state index contributed by atoms with van der Waals surface area (Å²) >= 11 is 0. The third-order valence-corrected chi connectivity index (χ3v) is 6.73. The SMILES string of the molecule is CC1CCCCC1.CC1CCCCC1.O=Cc1ccc(C(=O)O)c2c(C=O)ccc(C(=O)O)c12. The van der Waals surface area contributed by atoms with Gasteiger partial charge in [-0.3, -0.25) is 9.59 Å². The highest BCUT2D eigenvalue weighted by Gasteiger charge is 2.20. The monoisotopic (exact) mass is 468 g/mol. The van der Waals surface area contributed by atoms with E-state index in [9.17, 15) is 19.2 Å². The number of hydrogen-bond acceptors (Lipinski definition) is 4. The van der Waals surface area contributed by atoms with Gasteiger partial charge in [0.15, 0.2) is 12.6 Å². The number of carboxylic acids is 2. The van der Waals surface area contributed by atoms with Crippen molar-refractivity contribution >= 4 is 35.3 Å². The van der Waals surface area contributed by atoms with Crippen molar-refractivity contribution in [2.45, 2.75) is 78.1 Å². The van der Waals surface area contributed by atoms with Crippen molar-refractivity contribution in [3.05, 3.63) is 46.5 Å². The summed E-state index contributed by atoms with van der Waals surface area (Å²) in [7, 11) is 0. The molecule has 2 fully saturated rings. The maximum atomic E-state index is 11.2. The Morgan fingerprint density at radius 2 is 0.971 bits per heavy atom. The molecule has 0 amide bonds. The van der Waals surface area contributed by atoms with Crippen molar-refractivity contribution < 1.29 is 29.4 Å². The highest BCUT2D eigenvalue weighted by molar-refractivity contribution is 6.19. The molecule has 2 saturated carbocycles. The molecule has 0 unspecified atom stereocenters. The normalized spacial score (nSPS) is 16.4. The lowest BCUT2D eigenvalue weighted by Crippen LogP contribution is -2.06. The summed E-state index contributed by atoms with van der Waals surface area (Å²) in [6.45, 7) is 4.72. The number of carbonyl (C=O) groups is 4. The van der Waals surface area contributed by atoms with Gasteiger partial charge in [-0.1, -0.05) is 90.2 Å². The van der Waals surface area contributed by atoms with Crippen LogP contribution in [0.3, 0.4) is 0 Å². The van der Waals surface area contributed by atoms with Gasteiger partial charge in [-0.05, 0) is 24.0 Å². The fourth-order valence-corrected chi connectivity index (χ4v) is 4.71. The predicted molar refractivity (Wildman–Crippen MR) is 133 cm³/mol. The van der Waals surface area contributed by atoms with E-state index in [1.807, 2.05) is 0 Å². The number of fused-ring (bicyclic) bond motifs is 1. The van der Waals surface area contributed by atoms with Crippen molar-refractivity contribution in [1.82, 2.24) is 0 Å². The molecule has 184 valence electrons. The van der Waals surface area contributed by atoms with Gasteiger partial charge in [0.1, 0.15) is 0 Å². The molecule has 0 radical (unpaired) electrons. The van der Waals surface area contributed by atoms with E-state index < -0.39 is 11.9 Å². The average molecular weight is 469 g/mol. The number of carbonyl (C=O) groups excluding carboxylic acids is 2. The number of rotatable bonds is 4. The van der Waals surface area contributed by atoms with Crippen molar-refractivity contribution in [2.24, 2.45) is 11.8 Å². The second-order valence-electron chi connectivity index (χ2n) is 9.49. The summed E-state index contributed by atoms with van der Waals surface area (Å²) in [6, 6.07) is 4.79. The van der Waals surface area contributed by atoms with Crippen molar-refractivity contribution in [1.29, 1.82) is 0 Å². The van der Waals surface area contributed by atoms with Crippen LogP contribution in [0.1, 0.15) is 119 Å². The van der Waals surface area contributed by atoms with Crippen LogP contribution in [-0.2, 0) is 0 Å². The third-order valence-electron chi connectivity index (χ3n) is 6.73. The summed E-state index contributed by atoms with van der Waals surface area (Å²) in [4.78, 5) is 44.5. The van der Waals surface area contributed by atoms with Crippen LogP contribution >= 0.6 is 0 Å². The molecular formula is C28H36O6. The van der Waals surface area contributed by atoms with Crippen LogP contribution in [0.4, 0.5) is 0 Å². The second kappa shape index (κ2) is 13.6. The zero-order chi connectivity index (χ0) is 25.1. The van der Waals surface area contributed by atoms with E-state index in [1.54, 1.807) is 0 Å². The second-order valence-corrected chi connectivity index (χ2v) is 9.49. The van der Waals surface area contributed by atoms with Gasteiger partial charge in [-0.2, -0.15) is 0 Å². The Morgan fingerprint density at radius 1 is 0.647 bits per heavy atom. The number of aromatic carboxylic acids is 2. The molecule has 2 aliphatic carbocycles. The Morgan fingerprint density at radius 3 is 1.18 bits per heavy atom. The van der Waals surface area contributed by atoms with E-state index in [2.05, 4.69) is 13.8 Å². The minimum Gasteiger partial charge on any atom is -0.478 e. The molecule has 6 nitrogen and oxygen atoms in total. The zero-order valence-corrected chi connectivity index (χ0v) is 20.2. The summed E-state index contributed by atoms with van der Waals surface area (Å²) in [6.07, 6.45) is 15.7. The van der Waals surface area contributed by atoms with Gasteiger partial charge in [-0.25, -0.2) is 9.59 Å². The molecule has 2 N–H and O–H groups in total. The van der Waals surface area contributed by atoms with Crippen LogP contribution in [0.5, 0.6) is 0 Å². The molecule has 4 rings (SSSR count). The van der Waals surface area contributed by atoms with Gasteiger partial charge in [0.05, 0.1) is 11.1 Å². The molecule has 2 aromatic carbocycles. The predicted octanol–water partition coefficient (Wildman–Crippen LogP) is 7.03. The maximum absolute atomic E-state index is 11.2. The number of carboxylic acid groups (broad SMARTS) is 2. The van der Waals surface area contributed by atoms with Gasteiger partial charge in [0, 0.05) is 21.9 Å². The standard InChI is InChI=1S/C14H8O6.2C7H14/c15-5-7-1-3-9(13(17)18)12-8(6-16)2-4-10(11(7)12)14(19)20;2*1-7-5-3-2-4-6-7/h1-6H,(H,17,18)(H,19,20);2*7H,2-6H2,1H3. The summed E-state index contributed by atoms with van der Waals surface area (Å²) in [5, 5.41) is 18.2. The van der Waals surface area contributed by atoms with Gasteiger partial charge >= 0.3 is 11.9 Å². The highest BCUT2D eigenvalue weighted by Crippen LogP contribution is 2.29. The molecule has 0 bridgehead atoms. The van der Waals surface area contributed by atoms with E-state index in [0.717, 1.165) is 11.8 Å².